The second-order valence-corrected chi connectivity index (χ2v) is 6.72. The van der Waals surface area contributed by atoms with Crippen molar-refractivity contribution in [3.63, 3.8) is 0 Å². The van der Waals surface area contributed by atoms with Gasteiger partial charge in [-0.1, -0.05) is 0 Å². The number of nitrogens with one attached hydrogen (secondary N) is 3. The number of thioether (sulfide) groups is 1. The lowest BCUT2D eigenvalue weighted by molar-refractivity contribution is -0.142. The molecule has 0 aromatic rings. The van der Waals surface area contributed by atoms with Crippen LogP contribution in [-0.2, 0) is 19.2 Å². The summed E-state index contributed by atoms with van der Waals surface area (Å²) in [5.41, 5.74) is 15.6. The largest absolute Gasteiger partial charge is 0.480 e. The first-order chi connectivity index (χ1) is 13.2. The zero-order valence-electron chi connectivity index (χ0n) is 15.8. The smallest absolute Gasteiger partial charge is 0.326 e. The van der Waals surface area contributed by atoms with Crippen molar-refractivity contribution >= 4 is 41.4 Å². The number of carbonyl (C=O) groups excluding carboxylic acids is 3. The third-order valence-electron chi connectivity index (χ3n) is 3.45. The number of aliphatic imine (C=N–C) groups is 1. The molecule has 2 atom stereocenters. The zero-order valence-corrected chi connectivity index (χ0v) is 16.6. The highest BCUT2D eigenvalue weighted by Crippen LogP contribution is 2.04. The van der Waals surface area contributed by atoms with Gasteiger partial charge in [-0.15, -0.1) is 0 Å². The van der Waals surface area contributed by atoms with Gasteiger partial charge in [-0.05, 0) is 31.3 Å². The predicted molar refractivity (Wildman–Crippen MR) is 106 cm³/mol. The van der Waals surface area contributed by atoms with Crippen LogP contribution < -0.4 is 33.2 Å². The summed E-state index contributed by atoms with van der Waals surface area (Å²) in [5, 5.41) is 16.4. The van der Waals surface area contributed by atoms with Crippen LogP contribution in [0.1, 0.15) is 19.3 Å². The standard InChI is InChI=1S/C15H29N7O5S/c1-28-6-4-10(14(26)27)22-13(25)9(3-2-5-19-15(17)18)21-12(24)8-20-11(23)7-16/h9-10H,2-8,16H2,1H3,(H,20,23)(H,21,24)(H,22,25)(H,26,27)(H4,17,18,19). The summed E-state index contributed by atoms with van der Waals surface area (Å²) in [6.07, 6.45) is 2.61. The Balaban J connectivity index is 4.94. The van der Waals surface area contributed by atoms with Crippen LogP contribution in [0.4, 0.5) is 0 Å². The monoisotopic (exact) mass is 419 g/mol. The van der Waals surface area contributed by atoms with E-state index in [1.807, 2.05) is 6.26 Å². The molecule has 0 aromatic heterocycles. The van der Waals surface area contributed by atoms with Crippen molar-refractivity contribution < 1.29 is 24.3 Å². The van der Waals surface area contributed by atoms with Gasteiger partial charge in [0.25, 0.3) is 0 Å². The number of rotatable bonds is 14. The van der Waals surface area contributed by atoms with Gasteiger partial charge in [0.15, 0.2) is 5.96 Å². The molecule has 160 valence electrons. The quantitative estimate of drug-likeness (QED) is 0.0861. The third kappa shape index (κ3) is 12.0. The molecule has 0 saturated carbocycles. The maximum atomic E-state index is 12.5. The van der Waals surface area contributed by atoms with E-state index in [0.29, 0.717) is 12.2 Å². The molecule has 12 nitrogen and oxygen atoms in total. The lowest BCUT2D eigenvalue weighted by atomic mass is 10.1. The second kappa shape index (κ2) is 14.5. The van der Waals surface area contributed by atoms with Gasteiger partial charge < -0.3 is 38.3 Å². The predicted octanol–water partition coefficient (Wildman–Crippen LogP) is -3.08. The Morgan fingerprint density at radius 2 is 1.75 bits per heavy atom. The minimum Gasteiger partial charge on any atom is -0.480 e. The molecule has 0 aliphatic rings. The first-order valence-corrected chi connectivity index (χ1v) is 9.94. The van der Waals surface area contributed by atoms with E-state index in [1.165, 1.54) is 11.8 Å². The van der Waals surface area contributed by atoms with Crippen molar-refractivity contribution in [2.45, 2.75) is 31.3 Å². The van der Waals surface area contributed by atoms with Crippen molar-refractivity contribution in [2.75, 3.05) is 31.6 Å². The Bertz CT molecular complexity index is 569. The summed E-state index contributed by atoms with van der Waals surface area (Å²) in [6, 6.07) is -2.08. The van der Waals surface area contributed by atoms with E-state index in [-0.39, 0.29) is 38.4 Å². The van der Waals surface area contributed by atoms with Crippen molar-refractivity contribution in [3.05, 3.63) is 0 Å². The number of carboxylic acid groups (broad SMARTS) is 1. The molecule has 0 aromatic carbocycles. The molecule has 13 heteroatoms. The first kappa shape index (κ1) is 25.5. The highest BCUT2D eigenvalue weighted by Gasteiger charge is 2.26. The van der Waals surface area contributed by atoms with Gasteiger partial charge in [0.05, 0.1) is 13.1 Å². The van der Waals surface area contributed by atoms with Crippen LogP contribution in [-0.4, -0.2) is 78.5 Å². The molecule has 0 spiro atoms. The van der Waals surface area contributed by atoms with Gasteiger partial charge in [-0.25, -0.2) is 4.79 Å². The minimum atomic E-state index is -1.16. The van der Waals surface area contributed by atoms with Crippen LogP contribution >= 0.6 is 11.8 Å². The number of amides is 3. The van der Waals surface area contributed by atoms with E-state index >= 15 is 0 Å². The van der Waals surface area contributed by atoms with Gasteiger partial charge in [-0.3, -0.25) is 19.4 Å². The number of nitrogens with zero attached hydrogens (tertiary/aromatic N) is 1. The van der Waals surface area contributed by atoms with Crippen LogP contribution in [0.15, 0.2) is 4.99 Å². The fraction of sp³-hybridized carbons (Fsp3) is 0.667. The van der Waals surface area contributed by atoms with Crippen LogP contribution in [0.2, 0.25) is 0 Å². The summed E-state index contributed by atoms with van der Waals surface area (Å²) < 4.78 is 0. The Morgan fingerprint density at radius 3 is 2.29 bits per heavy atom. The van der Waals surface area contributed by atoms with Gasteiger partial charge in [0.2, 0.25) is 17.7 Å². The molecule has 0 aliphatic carbocycles. The highest BCUT2D eigenvalue weighted by molar-refractivity contribution is 7.98. The third-order valence-corrected chi connectivity index (χ3v) is 4.10. The number of aliphatic carboxylic acids is 1. The first-order valence-electron chi connectivity index (χ1n) is 8.54. The van der Waals surface area contributed by atoms with Crippen molar-refractivity contribution in [1.82, 2.24) is 16.0 Å². The number of guanidine groups is 1. The van der Waals surface area contributed by atoms with Crippen LogP contribution in [0, 0.1) is 0 Å². The minimum absolute atomic E-state index is 0.0995. The zero-order chi connectivity index (χ0) is 21.5. The number of hydrogen-bond donors (Lipinski definition) is 7. The summed E-state index contributed by atoms with van der Waals surface area (Å²) >= 11 is 1.45. The molecular weight excluding hydrogens is 390 g/mol. The molecule has 28 heavy (non-hydrogen) atoms. The van der Waals surface area contributed by atoms with Gasteiger partial charge in [-0.2, -0.15) is 11.8 Å². The summed E-state index contributed by atoms with van der Waals surface area (Å²) in [5.74, 6) is -2.49. The van der Waals surface area contributed by atoms with Gasteiger partial charge in [0.1, 0.15) is 12.1 Å². The van der Waals surface area contributed by atoms with Gasteiger partial charge in [0, 0.05) is 6.54 Å². The molecule has 0 heterocycles. The molecule has 0 fully saturated rings. The lowest BCUT2D eigenvalue weighted by Crippen LogP contribution is -2.53. The van der Waals surface area contributed by atoms with E-state index in [2.05, 4.69) is 20.9 Å². The Kier molecular flexibility index (Phi) is 13.2. The summed E-state index contributed by atoms with van der Waals surface area (Å²) in [7, 11) is 0. The summed E-state index contributed by atoms with van der Waals surface area (Å²) in [6.45, 7) is -0.394. The van der Waals surface area contributed by atoms with E-state index in [4.69, 9.17) is 17.2 Å². The average Bonchev–Trinajstić information content (AvgIpc) is 2.64. The van der Waals surface area contributed by atoms with Crippen LogP contribution in [0.5, 0.6) is 0 Å². The Hall–Kier alpha value is -2.54. The molecule has 0 radical (unpaired) electrons. The highest BCUT2D eigenvalue weighted by atomic mass is 32.2. The SMILES string of the molecule is CSCCC(NC(=O)C(CCCN=C(N)N)NC(=O)CNC(=O)CN)C(=O)O. The fourth-order valence-electron chi connectivity index (χ4n) is 2.03. The number of nitrogens with two attached hydrogens (primary N) is 3. The van der Waals surface area contributed by atoms with Crippen LogP contribution in [0.3, 0.4) is 0 Å². The van der Waals surface area contributed by atoms with E-state index in [1.54, 1.807) is 0 Å². The summed E-state index contributed by atoms with van der Waals surface area (Å²) in [4.78, 5) is 50.7. The van der Waals surface area contributed by atoms with E-state index in [9.17, 15) is 24.3 Å². The molecule has 0 aliphatic heterocycles. The molecule has 0 saturated heterocycles. The average molecular weight is 420 g/mol. The molecular formula is C15H29N7O5S. The topological polar surface area (TPSA) is 215 Å². The lowest BCUT2D eigenvalue weighted by Gasteiger charge is -2.21. The molecule has 10 N–H and O–H groups in total. The Labute approximate surface area is 167 Å². The Morgan fingerprint density at radius 1 is 1.07 bits per heavy atom. The van der Waals surface area contributed by atoms with E-state index < -0.39 is 35.8 Å². The number of carboxylic acids is 1. The van der Waals surface area contributed by atoms with Crippen LogP contribution in [0.25, 0.3) is 0 Å². The van der Waals surface area contributed by atoms with Crippen molar-refractivity contribution in [2.24, 2.45) is 22.2 Å². The van der Waals surface area contributed by atoms with E-state index in [0.717, 1.165) is 0 Å². The number of hydrogen-bond acceptors (Lipinski definition) is 7. The maximum absolute atomic E-state index is 12.5. The molecule has 0 bridgehead atoms. The van der Waals surface area contributed by atoms with Crippen molar-refractivity contribution in [1.29, 1.82) is 0 Å². The van der Waals surface area contributed by atoms with Gasteiger partial charge >= 0.3 is 5.97 Å². The normalized spacial score (nSPS) is 12.4. The molecule has 0 rings (SSSR count). The molecule has 2 unspecified atom stereocenters. The second-order valence-electron chi connectivity index (χ2n) is 5.73. The maximum Gasteiger partial charge on any atom is 0.326 e. The molecule has 3 amide bonds. The number of carbonyl (C=O) groups is 4. The van der Waals surface area contributed by atoms with Crippen molar-refractivity contribution in [3.8, 4) is 0 Å². The fourth-order valence-corrected chi connectivity index (χ4v) is 2.51.